The molecule has 0 bridgehead atoms. The van der Waals surface area contributed by atoms with Crippen molar-refractivity contribution in [3.05, 3.63) is 19.3 Å². The van der Waals surface area contributed by atoms with Crippen LogP contribution in [0, 0.1) is 19.3 Å². The van der Waals surface area contributed by atoms with E-state index in [4.69, 9.17) is 12.5 Å². The fraction of sp³-hybridized carbons (Fsp3) is 0.750. The topological polar surface area (TPSA) is 54.4 Å². The summed E-state index contributed by atoms with van der Waals surface area (Å²) in [4.78, 5) is 0. The van der Waals surface area contributed by atoms with Gasteiger partial charge in [0.2, 0.25) is 0 Å². The summed E-state index contributed by atoms with van der Waals surface area (Å²) >= 11 is -1.81. The Kier molecular flexibility index (Phi) is 111. The Balaban J connectivity index is -0.0000000317. The van der Waals surface area contributed by atoms with E-state index in [1.807, 2.05) is 60.8 Å². The normalized spacial score (nSPS) is 6.12. The first-order valence-electron chi connectivity index (χ1n) is 5.24. The average Bonchev–Trinajstić information content (AvgIpc) is 2.06. The Bertz CT molecular complexity index is 82.8. The maximum atomic E-state index is 8.47. The summed E-state index contributed by atoms with van der Waals surface area (Å²) in [6.07, 6.45) is 5.83. The molecular formula is C12H29O3V-3. The van der Waals surface area contributed by atoms with Gasteiger partial charge in [-0.3, -0.25) is 0 Å². The van der Waals surface area contributed by atoms with Gasteiger partial charge in [0.05, 0.1) is 0 Å². The van der Waals surface area contributed by atoms with Gasteiger partial charge in [-0.1, -0.05) is 0 Å². The summed E-state index contributed by atoms with van der Waals surface area (Å²) in [5.41, 5.74) is 0. The van der Waals surface area contributed by atoms with Crippen molar-refractivity contribution in [1.82, 2.24) is 0 Å². The van der Waals surface area contributed by atoms with Gasteiger partial charge in [-0.25, -0.2) is 0 Å². The van der Waals surface area contributed by atoms with E-state index in [0.29, 0.717) is 0 Å². The van der Waals surface area contributed by atoms with E-state index in [1.165, 1.54) is 0 Å². The van der Waals surface area contributed by atoms with Crippen LogP contribution in [0.3, 0.4) is 0 Å². The predicted octanol–water partition coefficient (Wildman–Crippen LogP) is 3.84. The molecule has 0 aromatic rings. The molecule has 0 radical (unpaired) electrons. The quantitative estimate of drug-likeness (QED) is 0.682. The van der Waals surface area contributed by atoms with Gasteiger partial charge in [0.15, 0.2) is 0 Å². The average molecular weight is 272 g/mol. The molecule has 4 heteroatoms. The third kappa shape index (κ3) is 117000. The van der Waals surface area contributed by atoms with Crippen LogP contribution >= 0.6 is 0 Å². The van der Waals surface area contributed by atoms with Gasteiger partial charge in [-0.15, -0.1) is 0 Å². The van der Waals surface area contributed by atoms with Gasteiger partial charge in [0, 0.05) is 6.10 Å². The number of aliphatic hydroxyl groups excluding tert-OH is 1. The van der Waals surface area contributed by atoms with Crippen LogP contribution in [0.25, 0.3) is 0 Å². The standard InChI is InChI=1S/C3H8O.3C3H7.2O.V/c1-3(2)4;3*1-3-2;;;/h3-4H,1-2H3;3*3H,1-2H3;;;/q;3*-1;;;. The van der Waals surface area contributed by atoms with Crippen molar-refractivity contribution in [3.8, 4) is 0 Å². The minimum atomic E-state index is -1.81. The van der Waals surface area contributed by atoms with Crippen LogP contribution in [-0.4, -0.2) is 11.2 Å². The van der Waals surface area contributed by atoms with E-state index < -0.39 is 16.2 Å². The first kappa shape index (κ1) is 29.8. The Labute approximate surface area is 110 Å². The second kappa shape index (κ2) is 59.4. The van der Waals surface area contributed by atoms with Gasteiger partial charge in [-0.2, -0.15) is 41.5 Å². The van der Waals surface area contributed by atoms with Crippen molar-refractivity contribution < 1.29 is 28.6 Å². The second-order valence-electron chi connectivity index (χ2n) is 2.90. The number of aliphatic hydroxyl groups is 1. The van der Waals surface area contributed by atoms with E-state index in [2.05, 4.69) is 0 Å². The molecule has 103 valence electrons. The summed E-state index contributed by atoms with van der Waals surface area (Å²) in [7, 11) is 0. The molecule has 0 rings (SSSR count). The molecule has 0 amide bonds. The van der Waals surface area contributed by atoms with E-state index in [-0.39, 0.29) is 6.10 Å². The summed E-state index contributed by atoms with van der Waals surface area (Å²) in [6, 6.07) is 0. The molecule has 0 atom stereocenters. The van der Waals surface area contributed by atoms with Crippen LogP contribution in [0.1, 0.15) is 55.4 Å². The Morgan fingerprint density at radius 3 is 0.812 bits per heavy atom. The SMILES string of the molecule is CC(C)O.C[CH-]C.C[CH-]C.C[CH-]C.[O]=[V]=[O]. The molecule has 3 nitrogen and oxygen atoms in total. The molecule has 0 aliphatic heterocycles. The van der Waals surface area contributed by atoms with Crippen molar-refractivity contribution in [2.45, 2.75) is 61.5 Å². The monoisotopic (exact) mass is 272 g/mol. The van der Waals surface area contributed by atoms with Crippen molar-refractivity contribution in [3.63, 3.8) is 0 Å². The van der Waals surface area contributed by atoms with E-state index in [1.54, 1.807) is 13.8 Å². The number of hydrogen-bond donors (Lipinski definition) is 1. The van der Waals surface area contributed by atoms with Crippen LogP contribution in [0.4, 0.5) is 0 Å². The van der Waals surface area contributed by atoms with E-state index >= 15 is 0 Å². The van der Waals surface area contributed by atoms with Gasteiger partial charge < -0.3 is 24.4 Å². The number of rotatable bonds is 0. The third-order valence-electron chi connectivity index (χ3n) is 0. The Hall–Kier alpha value is 0.144. The molecule has 0 saturated heterocycles. The van der Waals surface area contributed by atoms with Gasteiger partial charge in [0.25, 0.3) is 0 Å². The molecular weight excluding hydrogens is 243 g/mol. The first-order valence-corrected chi connectivity index (χ1v) is 6.38. The van der Waals surface area contributed by atoms with Crippen LogP contribution < -0.4 is 0 Å². The number of hydrogen-bond acceptors (Lipinski definition) is 3. The molecule has 0 fully saturated rings. The van der Waals surface area contributed by atoms with Crippen molar-refractivity contribution in [2.75, 3.05) is 0 Å². The summed E-state index contributed by atoms with van der Waals surface area (Å²) in [5.74, 6) is 0. The van der Waals surface area contributed by atoms with E-state index in [0.717, 1.165) is 0 Å². The minimum absolute atomic E-state index is 0.167. The van der Waals surface area contributed by atoms with Crippen LogP contribution in [0.5, 0.6) is 0 Å². The van der Waals surface area contributed by atoms with Crippen LogP contribution in [-0.2, 0) is 23.5 Å². The molecule has 0 saturated carbocycles. The summed E-state index contributed by atoms with van der Waals surface area (Å²) in [5, 5.41) is 8.06. The molecule has 0 heterocycles. The Morgan fingerprint density at radius 2 is 0.812 bits per heavy atom. The van der Waals surface area contributed by atoms with Crippen molar-refractivity contribution in [2.24, 2.45) is 0 Å². The van der Waals surface area contributed by atoms with Crippen LogP contribution in [0.2, 0.25) is 0 Å². The van der Waals surface area contributed by atoms with Crippen LogP contribution in [0.15, 0.2) is 0 Å². The third-order valence-corrected chi connectivity index (χ3v) is 0. The zero-order valence-electron chi connectivity index (χ0n) is 12.0. The van der Waals surface area contributed by atoms with Gasteiger partial charge in [-0.05, 0) is 13.8 Å². The molecule has 0 aromatic heterocycles. The van der Waals surface area contributed by atoms with Crippen molar-refractivity contribution in [1.29, 1.82) is 0 Å². The van der Waals surface area contributed by atoms with Crippen molar-refractivity contribution >= 4 is 0 Å². The zero-order valence-corrected chi connectivity index (χ0v) is 13.4. The van der Waals surface area contributed by atoms with Gasteiger partial charge >= 0.3 is 23.5 Å². The maximum absolute atomic E-state index is 8.47. The first-order chi connectivity index (χ1) is 7.39. The predicted molar refractivity (Wildman–Crippen MR) is 65.7 cm³/mol. The molecule has 0 aliphatic carbocycles. The fourth-order valence-corrected chi connectivity index (χ4v) is 0. The molecule has 0 unspecified atom stereocenters. The fourth-order valence-electron chi connectivity index (χ4n) is 0. The van der Waals surface area contributed by atoms with E-state index in [9.17, 15) is 0 Å². The molecule has 0 aromatic carbocycles. The summed E-state index contributed by atoms with van der Waals surface area (Å²) in [6.45, 7) is 15.4. The second-order valence-corrected chi connectivity index (χ2v) is 3.13. The molecule has 0 aliphatic rings. The summed E-state index contributed by atoms with van der Waals surface area (Å²) < 4.78 is 16.9. The molecule has 16 heavy (non-hydrogen) atoms. The Morgan fingerprint density at radius 1 is 0.812 bits per heavy atom. The molecule has 0 spiro atoms. The van der Waals surface area contributed by atoms with Gasteiger partial charge in [0.1, 0.15) is 0 Å². The zero-order chi connectivity index (χ0) is 14.4. The molecule has 1 N–H and O–H groups in total.